The van der Waals surface area contributed by atoms with Gasteiger partial charge in [-0.15, -0.1) is 5.10 Å². The highest BCUT2D eigenvalue weighted by Crippen LogP contribution is 2.13. The summed E-state index contributed by atoms with van der Waals surface area (Å²) in [6.07, 6.45) is 1.54. The minimum absolute atomic E-state index is 0.0434. The third-order valence-electron chi connectivity index (χ3n) is 2.19. The molecule has 1 unspecified atom stereocenters. The predicted octanol–water partition coefficient (Wildman–Crippen LogP) is -0.117. The number of aromatic nitrogens is 3. The topological polar surface area (TPSA) is 94.0 Å². The highest BCUT2D eigenvalue weighted by molar-refractivity contribution is 5.91. The quantitative estimate of drug-likeness (QED) is 0.711. The molecule has 1 rings (SSSR count). The van der Waals surface area contributed by atoms with Crippen molar-refractivity contribution in [1.29, 1.82) is 0 Å². The van der Waals surface area contributed by atoms with E-state index in [1.807, 2.05) is 6.92 Å². The van der Waals surface area contributed by atoms with Gasteiger partial charge in [0.15, 0.2) is 5.69 Å². The van der Waals surface area contributed by atoms with Gasteiger partial charge in [-0.05, 0) is 13.3 Å². The molecular formula is C9H16N4O2. The van der Waals surface area contributed by atoms with Crippen LogP contribution in [0.5, 0.6) is 0 Å². The summed E-state index contributed by atoms with van der Waals surface area (Å²) in [5.74, 6) is -0.574. The van der Waals surface area contributed by atoms with E-state index < -0.39 is 5.91 Å². The van der Waals surface area contributed by atoms with Gasteiger partial charge in [-0.3, -0.25) is 4.79 Å². The maximum absolute atomic E-state index is 11.1. The summed E-state index contributed by atoms with van der Waals surface area (Å²) in [5, 5.41) is 16.6. The Bertz CT molecular complexity index is 348. The van der Waals surface area contributed by atoms with Crippen molar-refractivity contribution in [1.82, 2.24) is 15.0 Å². The molecule has 0 saturated heterocycles. The van der Waals surface area contributed by atoms with Crippen LogP contribution in [0.1, 0.15) is 42.5 Å². The van der Waals surface area contributed by atoms with Crippen LogP contribution < -0.4 is 5.73 Å². The van der Waals surface area contributed by atoms with Gasteiger partial charge >= 0.3 is 0 Å². The molecule has 0 bridgehead atoms. The Morgan fingerprint density at radius 2 is 2.33 bits per heavy atom. The lowest BCUT2D eigenvalue weighted by molar-refractivity contribution is 0.0994. The third kappa shape index (κ3) is 2.33. The fourth-order valence-electron chi connectivity index (χ4n) is 1.41. The van der Waals surface area contributed by atoms with Gasteiger partial charge in [0.2, 0.25) is 0 Å². The molecule has 0 aliphatic rings. The number of hydrogen-bond donors (Lipinski definition) is 2. The lowest BCUT2D eigenvalue weighted by Crippen LogP contribution is -2.18. The molecule has 1 aromatic heterocycles. The number of amides is 1. The summed E-state index contributed by atoms with van der Waals surface area (Å²) < 4.78 is 1.56. The molecule has 0 saturated carbocycles. The summed E-state index contributed by atoms with van der Waals surface area (Å²) in [6, 6.07) is -0.188. The van der Waals surface area contributed by atoms with Crippen molar-refractivity contribution in [3.05, 3.63) is 11.4 Å². The number of primary amides is 1. The predicted molar refractivity (Wildman–Crippen MR) is 54.3 cm³/mol. The van der Waals surface area contributed by atoms with Crippen molar-refractivity contribution < 1.29 is 9.90 Å². The minimum atomic E-state index is -0.574. The SMILES string of the molecule is CCCc1c(C(N)=O)nnn1C(C)CO. The number of rotatable bonds is 5. The number of nitrogens with two attached hydrogens (primary N) is 1. The molecule has 0 aliphatic heterocycles. The summed E-state index contributed by atoms with van der Waals surface area (Å²) in [4.78, 5) is 11.1. The maximum Gasteiger partial charge on any atom is 0.271 e. The molecule has 0 fully saturated rings. The van der Waals surface area contributed by atoms with Gasteiger partial charge in [0.1, 0.15) is 0 Å². The zero-order chi connectivity index (χ0) is 11.4. The molecule has 15 heavy (non-hydrogen) atoms. The van der Waals surface area contributed by atoms with E-state index in [4.69, 9.17) is 10.8 Å². The summed E-state index contributed by atoms with van der Waals surface area (Å²) in [5.41, 5.74) is 6.09. The number of nitrogens with zero attached hydrogens (tertiary/aromatic N) is 3. The Kier molecular flexibility index (Phi) is 3.79. The zero-order valence-corrected chi connectivity index (χ0v) is 8.97. The van der Waals surface area contributed by atoms with Crippen LogP contribution in [0.4, 0.5) is 0 Å². The fourth-order valence-corrected chi connectivity index (χ4v) is 1.41. The monoisotopic (exact) mass is 212 g/mol. The Labute approximate surface area is 88.1 Å². The molecule has 6 nitrogen and oxygen atoms in total. The average Bonchev–Trinajstić information content (AvgIpc) is 2.61. The second-order valence-corrected chi connectivity index (χ2v) is 3.48. The number of aliphatic hydroxyl groups is 1. The van der Waals surface area contributed by atoms with E-state index in [9.17, 15) is 4.79 Å². The number of aliphatic hydroxyl groups excluding tert-OH is 1. The van der Waals surface area contributed by atoms with E-state index in [1.54, 1.807) is 11.6 Å². The van der Waals surface area contributed by atoms with Crippen LogP contribution in [0, 0.1) is 0 Å². The molecular weight excluding hydrogens is 196 g/mol. The molecule has 6 heteroatoms. The second kappa shape index (κ2) is 4.88. The molecule has 0 aromatic carbocycles. The van der Waals surface area contributed by atoms with Gasteiger partial charge < -0.3 is 10.8 Å². The lowest BCUT2D eigenvalue weighted by Gasteiger charge is -2.11. The third-order valence-corrected chi connectivity index (χ3v) is 2.19. The highest BCUT2D eigenvalue weighted by atomic mass is 16.3. The Morgan fingerprint density at radius 1 is 1.67 bits per heavy atom. The molecule has 0 radical (unpaired) electrons. The summed E-state index contributed by atoms with van der Waals surface area (Å²) >= 11 is 0. The van der Waals surface area contributed by atoms with E-state index >= 15 is 0 Å². The molecule has 1 amide bonds. The number of hydrogen-bond acceptors (Lipinski definition) is 4. The van der Waals surface area contributed by atoms with Crippen molar-refractivity contribution in [3.63, 3.8) is 0 Å². The van der Waals surface area contributed by atoms with Gasteiger partial charge in [0.25, 0.3) is 5.91 Å². The number of carbonyl (C=O) groups is 1. The second-order valence-electron chi connectivity index (χ2n) is 3.48. The van der Waals surface area contributed by atoms with E-state index in [0.29, 0.717) is 12.1 Å². The first-order valence-electron chi connectivity index (χ1n) is 4.96. The van der Waals surface area contributed by atoms with Crippen LogP contribution in [0.25, 0.3) is 0 Å². The molecule has 84 valence electrons. The summed E-state index contributed by atoms with van der Waals surface area (Å²) in [6.45, 7) is 3.75. The zero-order valence-electron chi connectivity index (χ0n) is 8.97. The standard InChI is InChI=1S/C9H16N4O2/c1-3-4-7-8(9(10)15)11-12-13(7)6(2)5-14/h6,14H,3-5H2,1-2H3,(H2,10,15). The van der Waals surface area contributed by atoms with Crippen LogP contribution in [0.2, 0.25) is 0 Å². The van der Waals surface area contributed by atoms with Crippen LogP contribution in [-0.2, 0) is 6.42 Å². The van der Waals surface area contributed by atoms with Crippen molar-refractivity contribution >= 4 is 5.91 Å². The fraction of sp³-hybridized carbons (Fsp3) is 0.667. The lowest BCUT2D eigenvalue weighted by atomic mass is 10.2. The van der Waals surface area contributed by atoms with E-state index in [2.05, 4.69) is 10.3 Å². The van der Waals surface area contributed by atoms with Crippen LogP contribution in [-0.4, -0.2) is 32.6 Å². The smallest absolute Gasteiger partial charge is 0.271 e. The highest BCUT2D eigenvalue weighted by Gasteiger charge is 2.19. The normalized spacial score (nSPS) is 12.7. The Hall–Kier alpha value is -1.43. The first-order valence-corrected chi connectivity index (χ1v) is 4.96. The molecule has 3 N–H and O–H groups in total. The van der Waals surface area contributed by atoms with Crippen molar-refractivity contribution in [3.8, 4) is 0 Å². The van der Waals surface area contributed by atoms with Crippen LogP contribution >= 0.6 is 0 Å². The van der Waals surface area contributed by atoms with Crippen molar-refractivity contribution in [2.24, 2.45) is 5.73 Å². The van der Waals surface area contributed by atoms with Gasteiger partial charge in [0, 0.05) is 0 Å². The number of carbonyl (C=O) groups excluding carboxylic acids is 1. The Balaban J connectivity index is 3.11. The van der Waals surface area contributed by atoms with E-state index in [1.165, 1.54) is 0 Å². The molecule has 1 atom stereocenters. The average molecular weight is 212 g/mol. The molecule has 0 spiro atoms. The molecule has 1 aromatic rings. The van der Waals surface area contributed by atoms with E-state index in [-0.39, 0.29) is 18.3 Å². The van der Waals surface area contributed by atoms with Crippen molar-refractivity contribution in [2.75, 3.05) is 6.61 Å². The molecule has 1 heterocycles. The summed E-state index contributed by atoms with van der Waals surface area (Å²) in [7, 11) is 0. The Morgan fingerprint density at radius 3 is 2.80 bits per heavy atom. The van der Waals surface area contributed by atoms with Gasteiger partial charge in [-0.1, -0.05) is 18.6 Å². The first kappa shape index (κ1) is 11.6. The van der Waals surface area contributed by atoms with Gasteiger partial charge in [0.05, 0.1) is 18.3 Å². The minimum Gasteiger partial charge on any atom is -0.394 e. The largest absolute Gasteiger partial charge is 0.394 e. The molecule has 0 aliphatic carbocycles. The van der Waals surface area contributed by atoms with Crippen LogP contribution in [0.3, 0.4) is 0 Å². The first-order chi connectivity index (χ1) is 7.11. The maximum atomic E-state index is 11.1. The van der Waals surface area contributed by atoms with Gasteiger partial charge in [-0.2, -0.15) is 0 Å². The van der Waals surface area contributed by atoms with E-state index in [0.717, 1.165) is 6.42 Å². The van der Waals surface area contributed by atoms with Crippen molar-refractivity contribution in [2.45, 2.75) is 32.7 Å². The van der Waals surface area contributed by atoms with Gasteiger partial charge in [-0.25, -0.2) is 4.68 Å². The van der Waals surface area contributed by atoms with Crippen LogP contribution in [0.15, 0.2) is 0 Å².